The quantitative estimate of drug-likeness (QED) is 0.232. The fraction of sp³-hybridized carbons (Fsp3) is 0.900. The number of ether oxygens (including phenoxy) is 1. The number of nitrogens with zero attached hydrogens (tertiary/aromatic N) is 2. The van der Waals surface area contributed by atoms with Crippen LogP contribution in [0.1, 0.15) is 59.8 Å². The zero-order valence-corrected chi connectivity index (χ0v) is 20.9. The van der Waals surface area contributed by atoms with Crippen molar-refractivity contribution in [1.29, 1.82) is 0 Å². The number of unbranched alkanes of at least 4 members (excludes halogenated alkanes) is 1. The lowest BCUT2D eigenvalue weighted by molar-refractivity contribution is -0.127. The van der Waals surface area contributed by atoms with E-state index in [2.05, 4.69) is 43.3 Å². The highest BCUT2D eigenvalue weighted by Gasteiger charge is 2.18. The highest BCUT2D eigenvalue weighted by Crippen LogP contribution is 2.18. The largest absolute Gasteiger partial charge is 0.385 e. The summed E-state index contributed by atoms with van der Waals surface area (Å²) in [4.78, 5) is 17.9. The van der Waals surface area contributed by atoms with E-state index in [1.165, 1.54) is 19.3 Å². The molecule has 0 spiro atoms. The Bertz CT molecular complexity index is 415. The number of hydrogen-bond acceptors (Lipinski definition) is 3. The number of aliphatic imine (C=N–C) groups is 1. The van der Waals surface area contributed by atoms with Gasteiger partial charge < -0.3 is 20.3 Å². The van der Waals surface area contributed by atoms with E-state index in [0.29, 0.717) is 5.92 Å². The van der Waals surface area contributed by atoms with Crippen molar-refractivity contribution < 1.29 is 9.53 Å². The lowest BCUT2D eigenvalue weighted by Gasteiger charge is -2.26. The number of nitrogens with one attached hydrogen (secondary N) is 2. The summed E-state index contributed by atoms with van der Waals surface area (Å²) >= 11 is 0. The number of halogens is 1. The number of likely N-dealkylation sites (N-methyl/N-ethyl adjacent to an activating group) is 1. The summed E-state index contributed by atoms with van der Waals surface area (Å²) in [6.45, 7) is 11.4. The van der Waals surface area contributed by atoms with Crippen LogP contribution in [0.4, 0.5) is 0 Å². The Morgan fingerprint density at radius 1 is 1.22 bits per heavy atom. The molecule has 0 saturated carbocycles. The molecule has 0 aliphatic rings. The third-order valence-corrected chi connectivity index (χ3v) is 4.69. The van der Waals surface area contributed by atoms with Gasteiger partial charge in [-0.2, -0.15) is 0 Å². The van der Waals surface area contributed by atoms with Crippen LogP contribution in [0.25, 0.3) is 0 Å². The van der Waals surface area contributed by atoms with Crippen molar-refractivity contribution in [3.8, 4) is 0 Å². The summed E-state index contributed by atoms with van der Waals surface area (Å²) in [5, 5.41) is 6.85. The lowest BCUT2D eigenvalue weighted by atomic mass is 9.90. The molecular formula is C20H43IN4O2. The van der Waals surface area contributed by atoms with Crippen molar-refractivity contribution in [3.63, 3.8) is 0 Å². The Morgan fingerprint density at radius 2 is 1.89 bits per heavy atom. The van der Waals surface area contributed by atoms with E-state index in [4.69, 9.17) is 4.74 Å². The summed E-state index contributed by atoms with van der Waals surface area (Å²) in [6.07, 6.45) is 5.82. The van der Waals surface area contributed by atoms with E-state index in [9.17, 15) is 4.79 Å². The maximum absolute atomic E-state index is 11.9. The molecule has 1 amide bonds. The molecule has 27 heavy (non-hydrogen) atoms. The second-order valence-electron chi connectivity index (χ2n) is 8.01. The van der Waals surface area contributed by atoms with Crippen LogP contribution in [0.3, 0.4) is 0 Å². The van der Waals surface area contributed by atoms with Gasteiger partial charge in [-0.05, 0) is 24.2 Å². The number of hydrogen-bond donors (Lipinski definition) is 2. The third-order valence-electron chi connectivity index (χ3n) is 4.69. The van der Waals surface area contributed by atoms with Gasteiger partial charge in [0.1, 0.15) is 6.54 Å². The average Bonchev–Trinajstić information content (AvgIpc) is 2.61. The van der Waals surface area contributed by atoms with E-state index < -0.39 is 0 Å². The SMILES string of the molecule is CCCCC(CC)CNC(=NCC(=O)N(C)C)NCC(C)(C)CCOC.I. The lowest BCUT2D eigenvalue weighted by Crippen LogP contribution is -2.44. The number of rotatable bonds is 13. The molecule has 162 valence electrons. The van der Waals surface area contributed by atoms with Crippen LogP contribution in [0.15, 0.2) is 4.99 Å². The van der Waals surface area contributed by atoms with E-state index in [1.54, 1.807) is 26.1 Å². The van der Waals surface area contributed by atoms with Gasteiger partial charge in [-0.25, -0.2) is 4.99 Å². The molecule has 1 atom stereocenters. The van der Waals surface area contributed by atoms with Crippen LogP contribution in [-0.4, -0.2) is 64.2 Å². The molecule has 0 aliphatic carbocycles. The standard InChI is InChI=1S/C20H42N4O2.HI/c1-8-10-11-17(9-2)14-21-19(22-15-18(25)24(5)6)23-16-20(3,4)12-13-26-7;/h17H,8-16H2,1-7H3,(H2,21,22,23);1H. The maximum Gasteiger partial charge on any atom is 0.243 e. The molecule has 0 rings (SSSR count). The summed E-state index contributed by atoms with van der Waals surface area (Å²) in [5.74, 6) is 1.36. The summed E-state index contributed by atoms with van der Waals surface area (Å²) in [6, 6.07) is 0. The van der Waals surface area contributed by atoms with Crippen molar-refractivity contribution in [2.24, 2.45) is 16.3 Å². The van der Waals surface area contributed by atoms with Crippen LogP contribution >= 0.6 is 24.0 Å². The first kappa shape index (κ1) is 28.6. The fourth-order valence-corrected chi connectivity index (χ4v) is 2.44. The minimum Gasteiger partial charge on any atom is -0.385 e. The molecule has 0 heterocycles. The van der Waals surface area contributed by atoms with Gasteiger partial charge in [0, 0.05) is 40.9 Å². The van der Waals surface area contributed by atoms with Crippen LogP contribution in [0.2, 0.25) is 0 Å². The summed E-state index contributed by atoms with van der Waals surface area (Å²) in [5.41, 5.74) is 0.0936. The van der Waals surface area contributed by atoms with Crippen LogP contribution in [0, 0.1) is 11.3 Å². The number of carbonyl (C=O) groups excluding carboxylic acids is 1. The smallest absolute Gasteiger partial charge is 0.243 e. The molecular weight excluding hydrogens is 455 g/mol. The van der Waals surface area contributed by atoms with Crippen molar-refractivity contribution in [3.05, 3.63) is 0 Å². The Hall–Kier alpha value is -0.570. The van der Waals surface area contributed by atoms with Gasteiger partial charge in [0.2, 0.25) is 5.91 Å². The normalized spacial score (nSPS) is 12.9. The number of amides is 1. The molecule has 0 aromatic rings. The summed E-state index contributed by atoms with van der Waals surface area (Å²) in [7, 11) is 5.24. The van der Waals surface area contributed by atoms with Gasteiger partial charge in [-0.1, -0.05) is 47.0 Å². The van der Waals surface area contributed by atoms with Gasteiger partial charge in [-0.15, -0.1) is 24.0 Å². The van der Waals surface area contributed by atoms with Crippen molar-refractivity contribution in [2.45, 2.75) is 59.8 Å². The van der Waals surface area contributed by atoms with Crippen molar-refractivity contribution in [2.75, 3.05) is 47.4 Å². The first-order valence-corrected chi connectivity index (χ1v) is 9.97. The number of methoxy groups -OCH3 is 1. The fourth-order valence-electron chi connectivity index (χ4n) is 2.44. The molecule has 2 N–H and O–H groups in total. The third kappa shape index (κ3) is 15.1. The molecule has 0 aromatic carbocycles. The van der Waals surface area contributed by atoms with E-state index in [1.807, 2.05) is 0 Å². The first-order chi connectivity index (χ1) is 12.3. The second kappa shape index (κ2) is 16.4. The zero-order valence-electron chi connectivity index (χ0n) is 18.6. The number of guanidine groups is 1. The Balaban J connectivity index is 0. The monoisotopic (exact) mass is 498 g/mol. The average molecular weight is 498 g/mol. The Morgan fingerprint density at radius 3 is 2.41 bits per heavy atom. The molecule has 7 heteroatoms. The molecule has 0 fully saturated rings. The predicted octanol–water partition coefficient (Wildman–Crippen LogP) is 3.51. The minimum absolute atomic E-state index is 0. The molecule has 0 bridgehead atoms. The van der Waals surface area contributed by atoms with Crippen LogP contribution in [-0.2, 0) is 9.53 Å². The topological polar surface area (TPSA) is 66.0 Å². The van der Waals surface area contributed by atoms with Crippen molar-refractivity contribution in [1.82, 2.24) is 15.5 Å². The van der Waals surface area contributed by atoms with Gasteiger partial charge in [0.25, 0.3) is 0 Å². The molecule has 1 unspecified atom stereocenters. The Kier molecular flexibility index (Phi) is 17.4. The molecule has 0 saturated heterocycles. The highest BCUT2D eigenvalue weighted by molar-refractivity contribution is 14.0. The van der Waals surface area contributed by atoms with E-state index >= 15 is 0 Å². The second-order valence-corrected chi connectivity index (χ2v) is 8.01. The van der Waals surface area contributed by atoms with Gasteiger partial charge >= 0.3 is 0 Å². The van der Waals surface area contributed by atoms with E-state index in [-0.39, 0.29) is 41.8 Å². The van der Waals surface area contributed by atoms with Crippen molar-refractivity contribution >= 4 is 35.8 Å². The predicted molar refractivity (Wildman–Crippen MR) is 126 cm³/mol. The van der Waals surface area contributed by atoms with Crippen LogP contribution in [0.5, 0.6) is 0 Å². The van der Waals surface area contributed by atoms with Gasteiger partial charge in [-0.3, -0.25) is 4.79 Å². The molecule has 0 aromatic heterocycles. The molecule has 6 nitrogen and oxygen atoms in total. The van der Waals surface area contributed by atoms with Gasteiger partial charge in [0.05, 0.1) is 0 Å². The molecule has 0 aliphatic heterocycles. The maximum atomic E-state index is 11.9. The molecule has 0 radical (unpaired) electrons. The zero-order chi connectivity index (χ0) is 20.0. The summed E-state index contributed by atoms with van der Waals surface area (Å²) < 4.78 is 5.20. The van der Waals surface area contributed by atoms with Crippen LogP contribution < -0.4 is 10.6 Å². The highest BCUT2D eigenvalue weighted by atomic mass is 127. The van der Waals surface area contributed by atoms with E-state index in [0.717, 1.165) is 38.5 Å². The number of carbonyl (C=O) groups is 1. The van der Waals surface area contributed by atoms with Gasteiger partial charge in [0.15, 0.2) is 5.96 Å². The minimum atomic E-state index is 0. The first-order valence-electron chi connectivity index (χ1n) is 9.97. The Labute approximate surface area is 184 Å².